The summed E-state index contributed by atoms with van der Waals surface area (Å²) in [5, 5.41) is 9.27. The van der Waals surface area contributed by atoms with Gasteiger partial charge in [-0.1, -0.05) is 13.3 Å². The normalized spacial score (nSPS) is 10.9. The number of fused-ring (bicyclic) bond motifs is 1. The molecule has 0 fully saturated rings. The smallest absolute Gasteiger partial charge is 0.137 e. The van der Waals surface area contributed by atoms with Crippen molar-refractivity contribution in [1.82, 2.24) is 9.38 Å². The van der Waals surface area contributed by atoms with Crippen LogP contribution in [0.25, 0.3) is 5.65 Å². The number of aryl methyl sites for hydroxylation is 1. The molecule has 0 aliphatic rings. The third-order valence-corrected chi connectivity index (χ3v) is 2.27. The van der Waals surface area contributed by atoms with Crippen molar-refractivity contribution >= 4 is 5.65 Å². The first-order valence-electron chi connectivity index (χ1n) is 4.96. The minimum absolute atomic E-state index is 0.275. The van der Waals surface area contributed by atoms with Crippen molar-refractivity contribution < 1.29 is 5.11 Å². The lowest BCUT2D eigenvalue weighted by Gasteiger charge is -1.92. The molecule has 0 aliphatic carbocycles. The Balaban J connectivity index is 2.32. The first kappa shape index (κ1) is 9.06. The SMILES string of the molecule is CCCCc1cn2cc(O)ccc2n1. The summed E-state index contributed by atoms with van der Waals surface area (Å²) in [6, 6.07) is 3.48. The topological polar surface area (TPSA) is 37.5 Å². The number of aromatic nitrogens is 2. The highest BCUT2D eigenvalue weighted by Crippen LogP contribution is 2.12. The molecule has 2 heterocycles. The Morgan fingerprint density at radius 1 is 1.36 bits per heavy atom. The minimum atomic E-state index is 0.275. The highest BCUT2D eigenvalue weighted by atomic mass is 16.3. The minimum Gasteiger partial charge on any atom is -0.506 e. The summed E-state index contributed by atoms with van der Waals surface area (Å²) in [6.07, 6.45) is 7.01. The number of nitrogens with zero attached hydrogens (tertiary/aromatic N) is 2. The number of unbranched alkanes of at least 4 members (excludes halogenated alkanes) is 1. The van der Waals surface area contributed by atoms with Crippen LogP contribution in [0.4, 0.5) is 0 Å². The van der Waals surface area contributed by atoms with Crippen LogP contribution in [0.3, 0.4) is 0 Å². The van der Waals surface area contributed by atoms with Crippen LogP contribution in [-0.2, 0) is 6.42 Å². The lowest BCUT2D eigenvalue weighted by atomic mass is 10.2. The van der Waals surface area contributed by atoms with Gasteiger partial charge >= 0.3 is 0 Å². The average Bonchev–Trinajstić information content (AvgIpc) is 2.56. The van der Waals surface area contributed by atoms with E-state index >= 15 is 0 Å². The van der Waals surface area contributed by atoms with Crippen molar-refractivity contribution in [1.29, 1.82) is 0 Å². The Morgan fingerprint density at radius 3 is 3.00 bits per heavy atom. The second-order valence-corrected chi connectivity index (χ2v) is 3.49. The van der Waals surface area contributed by atoms with E-state index in [1.54, 1.807) is 12.3 Å². The fourth-order valence-corrected chi connectivity index (χ4v) is 1.51. The van der Waals surface area contributed by atoms with E-state index in [2.05, 4.69) is 11.9 Å². The van der Waals surface area contributed by atoms with E-state index in [0.29, 0.717) is 0 Å². The van der Waals surface area contributed by atoms with Gasteiger partial charge in [-0.2, -0.15) is 0 Å². The van der Waals surface area contributed by atoms with Gasteiger partial charge in [-0.25, -0.2) is 4.98 Å². The molecular weight excluding hydrogens is 176 g/mol. The molecule has 0 radical (unpaired) electrons. The molecule has 0 aliphatic heterocycles. The van der Waals surface area contributed by atoms with Gasteiger partial charge in [0.05, 0.1) is 11.9 Å². The maximum absolute atomic E-state index is 9.27. The Morgan fingerprint density at radius 2 is 2.21 bits per heavy atom. The molecule has 0 spiro atoms. The molecule has 0 saturated carbocycles. The van der Waals surface area contributed by atoms with Gasteiger partial charge in [0.1, 0.15) is 11.4 Å². The van der Waals surface area contributed by atoms with Gasteiger partial charge in [0.25, 0.3) is 0 Å². The van der Waals surface area contributed by atoms with E-state index in [-0.39, 0.29) is 5.75 Å². The molecule has 14 heavy (non-hydrogen) atoms. The van der Waals surface area contributed by atoms with Gasteiger partial charge in [-0.3, -0.25) is 0 Å². The van der Waals surface area contributed by atoms with Crippen LogP contribution in [0.15, 0.2) is 24.5 Å². The summed E-state index contributed by atoms with van der Waals surface area (Å²) >= 11 is 0. The van der Waals surface area contributed by atoms with E-state index in [1.807, 2.05) is 16.7 Å². The monoisotopic (exact) mass is 190 g/mol. The molecule has 0 bridgehead atoms. The van der Waals surface area contributed by atoms with E-state index in [0.717, 1.165) is 24.2 Å². The molecule has 2 rings (SSSR count). The van der Waals surface area contributed by atoms with E-state index in [4.69, 9.17) is 0 Å². The van der Waals surface area contributed by atoms with Gasteiger partial charge in [0, 0.05) is 6.20 Å². The van der Waals surface area contributed by atoms with Gasteiger partial charge in [0.15, 0.2) is 0 Å². The third kappa shape index (κ3) is 1.71. The van der Waals surface area contributed by atoms with Crippen molar-refractivity contribution in [3.8, 4) is 5.75 Å². The van der Waals surface area contributed by atoms with Crippen LogP contribution < -0.4 is 0 Å². The lowest BCUT2D eigenvalue weighted by molar-refractivity contribution is 0.472. The summed E-state index contributed by atoms with van der Waals surface area (Å²) < 4.78 is 1.86. The van der Waals surface area contributed by atoms with Gasteiger partial charge in [-0.05, 0) is 25.0 Å². The summed E-state index contributed by atoms with van der Waals surface area (Å²) in [6.45, 7) is 2.17. The van der Waals surface area contributed by atoms with Crippen molar-refractivity contribution in [2.24, 2.45) is 0 Å². The second kappa shape index (κ2) is 3.70. The quantitative estimate of drug-likeness (QED) is 0.806. The van der Waals surface area contributed by atoms with E-state index in [1.165, 1.54) is 6.42 Å². The van der Waals surface area contributed by atoms with Gasteiger partial charge < -0.3 is 9.51 Å². The largest absolute Gasteiger partial charge is 0.506 e. The molecule has 2 aromatic heterocycles. The maximum Gasteiger partial charge on any atom is 0.137 e. The van der Waals surface area contributed by atoms with Crippen LogP contribution in [0.1, 0.15) is 25.5 Å². The number of pyridine rings is 1. The van der Waals surface area contributed by atoms with Crippen molar-refractivity contribution in [3.63, 3.8) is 0 Å². The fourth-order valence-electron chi connectivity index (χ4n) is 1.51. The first-order chi connectivity index (χ1) is 6.79. The average molecular weight is 190 g/mol. The highest BCUT2D eigenvalue weighted by molar-refractivity contribution is 5.42. The molecular formula is C11H14N2O. The first-order valence-corrected chi connectivity index (χ1v) is 4.96. The predicted molar refractivity (Wildman–Crippen MR) is 55.5 cm³/mol. The fraction of sp³-hybridized carbons (Fsp3) is 0.364. The second-order valence-electron chi connectivity index (χ2n) is 3.49. The van der Waals surface area contributed by atoms with E-state index in [9.17, 15) is 5.11 Å². The molecule has 0 unspecified atom stereocenters. The summed E-state index contributed by atoms with van der Waals surface area (Å²) in [5.74, 6) is 0.275. The van der Waals surface area contributed by atoms with E-state index < -0.39 is 0 Å². The molecule has 2 aromatic rings. The Hall–Kier alpha value is -1.51. The molecule has 3 nitrogen and oxygen atoms in total. The zero-order valence-corrected chi connectivity index (χ0v) is 8.27. The summed E-state index contributed by atoms with van der Waals surface area (Å²) in [4.78, 5) is 4.44. The number of hydrogen-bond acceptors (Lipinski definition) is 2. The molecule has 1 N–H and O–H groups in total. The summed E-state index contributed by atoms with van der Waals surface area (Å²) in [5.41, 5.74) is 1.99. The zero-order valence-electron chi connectivity index (χ0n) is 8.27. The van der Waals surface area contributed by atoms with Crippen molar-refractivity contribution in [3.05, 3.63) is 30.2 Å². The van der Waals surface area contributed by atoms with Crippen molar-refractivity contribution in [2.45, 2.75) is 26.2 Å². The Kier molecular flexibility index (Phi) is 2.39. The molecule has 74 valence electrons. The zero-order chi connectivity index (χ0) is 9.97. The molecule has 3 heteroatoms. The van der Waals surface area contributed by atoms with Gasteiger partial charge in [0.2, 0.25) is 0 Å². The molecule has 0 saturated heterocycles. The van der Waals surface area contributed by atoms with Crippen LogP contribution in [0.5, 0.6) is 5.75 Å². The van der Waals surface area contributed by atoms with Crippen molar-refractivity contribution in [2.75, 3.05) is 0 Å². The van der Waals surface area contributed by atoms with Crippen LogP contribution >= 0.6 is 0 Å². The Bertz CT molecular complexity index is 434. The predicted octanol–water partition coefficient (Wildman–Crippen LogP) is 2.38. The Labute approximate surface area is 83.0 Å². The number of rotatable bonds is 3. The third-order valence-electron chi connectivity index (χ3n) is 2.27. The molecule has 0 aromatic carbocycles. The number of aromatic hydroxyl groups is 1. The highest BCUT2D eigenvalue weighted by Gasteiger charge is 2.00. The maximum atomic E-state index is 9.27. The standard InChI is InChI=1S/C11H14N2O/c1-2-3-4-9-7-13-8-10(14)5-6-11(13)12-9/h5-8,14H,2-4H2,1H3. The van der Waals surface area contributed by atoms with Crippen LogP contribution in [0, 0.1) is 0 Å². The molecule has 0 atom stereocenters. The van der Waals surface area contributed by atoms with Crippen LogP contribution in [-0.4, -0.2) is 14.5 Å². The van der Waals surface area contributed by atoms with Crippen LogP contribution in [0.2, 0.25) is 0 Å². The molecule has 0 amide bonds. The van der Waals surface area contributed by atoms with Gasteiger partial charge in [-0.15, -0.1) is 0 Å². The lowest BCUT2D eigenvalue weighted by Crippen LogP contribution is -1.82. The number of imidazole rings is 1. The number of hydrogen-bond donors (Lipinski definition) is 1. The summed E-state index contributed by atoms with van der Waals surface area (Å²) in [7, 11) is 0.